The molecular formula is C20H27NO3. The van der Waals surface area contributed by atoms with E-state index in [0.717, 1.165) is 48.3 Å². The molecule has 1 saturated carbocycles. The second-order valence-electron chi connectivity index (χ2n) is 7.37. The number of carbonyl (C=O) groups is 1. The quantitative estimate of drug-likeness (QED) is 0.654. The van der Waals surface area contributed by atoms with Crippen molar-refractivity contribution in [3.8, 4) is 5.75 Å². The molecule has 1 aromatic carbocycles. The predicted molar refractivity (Wildman–Crippen MR) is 94.4 cm³/mol. The van der Waals surface area contributed by atoms with Gasteiger partial charge in [0.15, 0.2) is 11.5 Å². The van der Waals surface area contributed by atoms with Crippen LogP contribution in [0.3, 0.4) is 0 Å². The zero-order valence-corrected chi connectivity index (χ0v) is 14.6. The molecule has 1 aromatic rings. The van der Waals surface area contributed by atoms with E-state index in [-0.39, 0.29) is 18.3 Å². The van der Waals surface area contributed by atoms with Gasteiger partial charge in [0.2, 0.25) is 0 Å². The molecule has 4 heteroatoms. The normalized spacial score (nSPS) is 22.2. The first-order valence-corrected chi connectivity index (χ1v) is 8.95. The van der Waals surface area contributed by atoms with E-state index in [0.29, 0.717) is 0 Å². The molecule has 0 radical (unpaired) electrons. The molecule has 2 aliphatic rings. The molecule has 3 rings (SSSR count). The highest BCUT2D eigenvalue weighted by Crippen LogP contribution is 2.35. The molecule has 0 aromatic heterocycles. The number of nitrogens with one attached hydrogen (secondary N) is 1. The molecule has 0 bridgehead atoms. The molecule has 1 aliphatic heterocycles. The van der Waals surface area contributed by atoms with Gasteiger partial charge in [-0.25, -0.2) is 0 Å². The van der Waals surface area contributed by atoms with Crippen LogP contribution in [0.2, 0.25) is 0 Å². The Bertz CT molecular complexity index is 640. The van der Waals surface area contributed by atoms with Crippen LogP contribution in [-0.2, 0) is 11.4 Å². The largest absolute Gasteiger partial charge is 0.468 e. The number of carbonyl (C=O) groups excluding carboxylic acids is 1. The summed E-state index contributed by atoms with van der Waals surface area (Å²) in [6.07, 6.45) is 8.50. The van der Waals surface area contributed by atoms with Gasteiger partial charge in [0.05, 0.1) is 12.3 Å². The smallest absolute Gasteiger partial charge is 0.175 e. The number of hydrogen-bond acceptors (Lipinski definition) is 4. The number of fused-ring (bicyclic) bond motifs is 1. The average Bonchev–Trinajstić information content (AvgIpc) is 2.83. The maximum absolute atomic E-state index is 12.8. The van der Waals surface area contributed by atoms with E-state index in [1.165, 1.54) is 12.8 Å². The molecule has 0 unspecified atom stereocenters. The van der Waals surface area contributed by atoms with Crippen molar-refractivity contribution in [2.24, 2.45) is 5.92 Å². The van der Waals surface area contributed by atoms with Crippen molar-refractivity contribution in [3.63, 3.8) is 0 Å². The van der Waals surface area contributed by atoms with Crippen LogP contribution in [0.4, 0.5) is 0 Å². The van der Waals surface area contributed by atoms with Gasteiger partial charge in [0, 0.05) is 17.6 Å². The predicted octanol–water partition coefficient (Wildman–Crippen LogP) is 3.78. The Balaban J connectivity index is 1.92. The summed E-state index contributed by atoms with van der Waals surface area (Å²) >= 11 is 0. The second kappa shape index (κ2) is 6.98. The standard InChI is InChI=1S/C20H27NO3/c1-20(2)21-17(12-18(23)15-7-5-3-4-6-8-15)16-11-14(13-22)9-10-19(16)24-20/h9-12,15,21-22H,3-8,13H2,1-2H3/b17-12+. The Labute approximate surface area is 143 Å². The fourth-order valence-corrected chi connectivity index (χ4v) is 3.60. The van der Waals surface area contributed by atoms with Crippen LogP contribution in [0.15, 0.2) is 24.3 Å². The van der Waals surface area contributed by atoms with E-state index in [2.05, 4.69) is 5.32 Å². The SMILES string of the molecule is CC1(C)N/C(=C/C(=O)C2CCCCCC2)c2cc(CO)ccc2O1. The zero-order valence-electron chi connectivity index (χ0n) is 14.6. The monoisotopic (exact) mass is 329 g/mol. The van der Waals surface area contributed by atoms with Crippen molar-refractivity contribution in [1.82, 2.24) is 5.32 Å². The summed E-state index contributed by atoms with van der Waals surface area (Å²) in [5, 5.41) is 12.7. The zero-order chi connectivity index (χ0) is 17.2. The van der Waals surface area contributed by atoms with Crippen molar-refractivity contribution in [1.29, 1.82) is 0 Å². The van der Waals surface area contributed by atoms with E-state index in [1.54, 1.807) is 6.08 Å². The number of aliphatic hydroxyl groups excluding tert-OH is 1. The lowest BCUT2D eigenvalue weighted by molar-refractivity contribution is -0.118. The highest BCUT2D eigenvalue weighted by atomic mass is 16.5. The molecule has 1 heterocycles. The summed E-state index contributed by atoms with van der Waals surface area (Å²) in [5.74, 6) is 1.09. The minimum Gasteiger partial charge on any atom is -0.468 e. The van der Waals surface area contributed by atoms with Gasteiger partial charge < -0.3 is 15.2 Å². The van der Waals surface area contributed by atoms with Gasteiger partial charge in [0.25, 0.3) is 0 Å². The maximum Gasteiger partial charge on any atom is 0.175 e. The summed E-state index contributed by atoms with van der Waals surface area (Å²) in [6, 6.07) is 5.61. The topological polar surface area (TPSA) is 58.6 Å². The van der Waals surface area contributed by atoms with Gasteiger partial charge in [-0.3, -0.25) is 4.79 Å². The second-order valence-corrected chi connectivity index (χ2v) is 7.37. The van der Waals surface area contributed by atoms with Crippen LogP contribution in [0, 0.1) is 5.92 Å². The lowest BCUT2D eigenvalue weighted by Crippen LogP contribution is -2.46. The van der Waals surface area contributed by atoms with Crippen LogP contribution in [-0.4, -0.2) is 16.6 Å². The number of hydrogen-bond donors (Lipinski definition) is 2. The minimum absolute atomic E-state index is 0.0273. The number of aliphatic hydroxyl groups is 1. The van der Waals surface area contributed by atoms with Crippen molar-refractivity contribution in [2.45, 2.75) is 64.7 Å². The van der Waals surface area contributed by atoms with Crippen molar-refractivity contribution >= 4 is 11.5 Å². The minimum atomic E-state index is -0.566. The van der Waals surface area contributed by atoms with Crippen LogP contribution in [0.5, 0.6) is 5.75 Å². The molecule has 0 saturated heterocycles. The fourth-order valence-electron chi connectivity index (χ4n) is 3.60. The molecule has 0 amide bonds. The fraction of sp³-hybridized carbons (Fsp3) is 0.550. The molecule has 24 heavy (non-hydrogen) atoms. The first-order chi connectivity index (χ1) is 11.5. The Kier molecular flexibility index (Phi) is 4.95. The molecule has 0 spiro atoms. The first-order valence-electron chi connectivity index (χ1n) is 8.95. The van der Waals surface area contributed by atoms with Crippen LogP contribution in [0.25, 0.3) is 5.70 Å². The average molecular weight is 329 g/mol. The summed E-state index contributed by atoms with van der Waals surface area (Å²) < 4.78 is 5.95. The van der Waals surface area contributed by atoms with E-state index in [1.807, 2.05) is 32.0 Å². The summed E-state index contributed by atoms with van der Waals surface area (Å²) in [4.78, 5) is 12.8. The third kappa shape index (κ3) is 3.81. The van der Waals surface area contributed by atoms with E-state index in [4.69, 9.17) is 4.74 Å². The maximum atomic E-state index is 12.8. The van der Waals surface area contributed by atoms with Gasteiger partial charge in [-0.1, -0.05) is 31.7 Å². The van der Waals surface area contributed by atoms with E-state index in [9.17, 15) is 9.90 Å². The third-order valence-corrected chi connectivity index (χ3v) is 4.86. The van der Waals surface area contributed by atoms with Crippen molar-refractivity contribution in [2.75, 3.05) is 0 Å². The number of allylic oxidation sites excluding steroid dienone is 1. The van der Waals surface area contributed by atoms with E-state index < -0.39 is 5.72 Å². The van der Waals surface area contributed by atoms with Crippen LogP contribution >= 0.6 is 0 Å². The summed E-state index contributed by atoms with van der Waals surface area (Å²) in [7, 11) is 0. The van der Waals surface area contributed by atoms with Gasteiger partial charge >= 0.3 is 0 Å². The molecular weight excluding hydrogens is 302 g/mol. The molecule has 1 fully saturated rings. The Morgan fingerprint density at radius 3 is 2.67 bits per heavy atom. The molecule has 1 aliphatic carbocycles. The number of benzene rings is 1. The number of rotatable bonds is 3. The van der Waals surface area contributed by atoms with Crippen molar-refractivity contribution < 1.29 is 14.6 Å². The summed E-state index contributed by atoms with van der Waals surface area (Å²) in [5.41, 5.74) is 1.89. The van der Waals surface area contributed by atoms with Crippen molar-refractivity contribution in [3.05, 3.63) is 35.4 Å². The number of ketones is 1. The van der Waals surface area contributed by atoms with Crippen LogP contribution < -0.4 is 10.1 Å². The Morgan fingerprint density at radius 1 is 1.29 bits per heavy atom. The highest BCUT2D eigenvalue weighted by molar-refractivity contribution is 5.98. The lowest BCUT2D eigenvalue weighted by atomic mass is 9.93. The summed E-state index contributed by atoms with van der Waals surface area (Å²) in [6.45, 7) is 3.86. The highest BCUT2D eigenvalue weighted by Gasteiger charge is 2.30. The Hall–Kier alpha value is -1.81. The van der Waals surface area contributed by atoms with E-state index >= 15 is 0 Å². The van der Waals surface area contributed by atoms with Gasteiger partial charge in [-0.05, 0) is 44.4 Å². The molecule has 2 N–H and O–H groups in total. The first kappa shape index (κ1) is 17.0. The molecule has 0 atom stereocenters. The van der Waals surface area contributed by atoms with Gasteiger partial charge in [-0.2, -0.15) is 0 Å². The lowest BCUT2D eigenvalue weighted by Gasteiger charge is -2.36. The third-order valence-electron chi connectivity index (χ3n) is 4.86. The van der Waals surface area contributed by atoms with Gasteiger partial charge in [-0.15, -0.1) is 0 Å². The molecule has 130 valence electrons. The van der Waals surface area contributed by atoms with Crippen LogP contribution in [0.1, 0.15) is 63.5 Å². The molecule has 4 nitrogen and oxygen atoms in total. The van der Waals surface area contributed by atoms with Gasteiger partial charge in [0.1, 0.15) is 5.75 Å². The number of ether oxygens (including phenoxy) is 1. The Morgan fingerprint density at radius 2 is 2.00 bits per heavy atom.